The summed E-state index contributed by atoms with van der Waals surface area (Å²) >= 11 is 5.74. The number of halogens is 1. The maximum absolute atomic E-state index is 11.9. The smallest absolute Gasteiger partial charge is 0.256 e. The molecule has 0 saturated carbocycles. The van der Waals surface area contributed by atoms with Gasteiger partial charge in [-0.25, -0.2) is 0 Å². The molecule has 0 radical (unpaired) electrons. The molecule has 1 atom stereocenters. The highest BCUT2D eigenvalue weighted by Crippen LogP contribution is 2.19. The molecule has 18 heavy (non-hydrogen) atoms. The van der Waals surface area contributed by atoms with E-state index in [1.54, 1.807) is 6.07 Å². The zero-order valence-electron chi connectivity index (χ0n) is 9.81. The first-order valence-electron chi connectivity index (χ1n) is 5.47. The minimum atomic E-state index is -0.274. The third-order valence-electron chi connectivity index (χ3n) is 2.62. The van der Waals surface area contributed by atoms with Crippen molar-refractivity contribution in [2.24, 2.45) is 0 Å². The van der Waals surface area contributed by atoms with Crippen LogP contribution in [0.2, 0.25) is 5.22 Å². The highest BCUT2D eigenvalue weighted by molar-refractivity contribution is 6.32. The van der Waals surface area contributed by atoms with Crippen LogP contribution in [0.4, 0.5) is 5.69 Å². The van der Waals surface area contributed by atoms with Gasteiger partial charge in [-0.05, 0) is 42.3 Å². The monoisotopic (exact) mass is 264 g/mol. The summed E-state index contributed by atoms with van der Waals surface area (Å²) in [6, 6.07) is 8.74. The number of carbonyl (C=O) groups excluding carboxylic acids is 1. The fourth-order valence-electron chi connectivity index (χ4n) is 1.64. The zero-order chi connectivity index (χ0) is 13.1. The van der Waals surface area contributed by atoms with E-state index in [0.29, 0.717) is 11.3 Å². The number of amides is 1. The topological polar surface area (TPSA) is 68.3 Å². The Labute approximate surface area is 110 Å². The second-order valence-corrected chi connectivity index (χ2v) is 4.32. The molecule has 3 N–H and O–H groups in total. The normalized spacial score (nSPS) is 12.1. The maximum atomic E-state index is 11.9. The van der Waals surface area contributed by atoms with Gasteiger partial charge in [-0.1, -0.05) is 12.1 Å². The van der Waals surface area contributed by atoms with Crippen molar-refractivity contribution in [1.29, 1.82) is 0 Å². The Morgan fingerprint density at radius 1 is 1.44 bits per heavy atom. The minimum Gasteiger partial charge on any atom is -0.452 e. The first-order chi connectivity index (χ1) is 8.58. The molecule has 2 rings (SSSR count). The van der Waals surface area contributed by atoms with Crippen LogP contribution in [-0.4, -0.2) is 5.91 Å². The third-order valence-corrected chi connectivity index (χ3v) is 2.91. The van der Waals surface area contributed by atoms with Crippen molar-refractivity contribution in [3.63, 3.8) is 0 Å². The van der Waals surface area contributed by atoms with Crippen LogP contribution in [0.3, 0.4) is 0 Å². The van der Waals surface area contributed by atoms with Crippen molar-refractivity contribution in [1.82, 2.24) is 5.32 Å². The molecule has 0 aliphatic rings. The molecule has 2 aromatic rings. The largest absolute Gasteiger partial charge is 0.452 e. The average molecular weight is 265 g/mol. The van der Waals surface area contributed by atoms with Gasteiger partial charge >= 0.3 is 0 Å². The van der Waals surface area contributed by atoms with Gasteiger partial charge in [0.1, 0.15) is 0 Å². The molecule has 0 fully saturated rings. The number of furan rings is 1. The van der Waals surface area contributed by atoms with Crippen molar-refractivity contribution in [2.75, 3.05) is 5.73 Å². The summed E-state index contributed by atoms with van der Waals surface area (Å²) < 4.78 is 4.88. The molecule has 94 valence electrons. The fourth-order valence-corrected chi connectivity index (χ4v) is 1.84. The van der Waals surface area contributed by atoms with E-state index >= 15 is 0 Å². The van der Waals surface area contributed by atoms with Crippen molar-refractivity contribution in [3.8, 4) is 0 Å². The first-order valence-corrected chi connectivity index (χ1v) is 5.85. The summed E-state index contributed by atoms with van der Waals surface area (Å²) in [6.45, 7) is 1.88. The van der Waals surface area contributed by atoms with Crippen LogP contribution < -0.4 is 11.1 Å². The molecule has 1 aromatic carbocycles. The fraction of sp³-hybridized carbons (Fsp3) is 0.154. The lowest BCUT2D eigenvalue weighted by molar-refractivity contribution is 0.0939. The lowest BCUT2D eigenvalue weighted by Crippen LogP contribution is -2.26. The lowest BCUT2D eigenvalue weighted by atomic mass is 10.1. The van der Waals surface area contributed by atoms with Crippen LogP contribution in [0.25, 0.3) is 0 Å². The Hall–Kier alpha value is -1.94. The van der Waals surface area contributed by atoms with Crippen LogP contribution in [-0.2, 0) is 0 Å². The molecular formula is C13H13ClN2O2. The number of nitrogens with two attached hydrogens (primary N) is 1. The molecule has 1 amide bonds. The zero-order valence-corrected chi connectivity index (χ0v) is 10.6. The highest BCUT2D eigenvalue weighted by Gasteiger charge is 2.16. The van der Waals surface area contributed by atoms with E-state index in [9.17, 15) is 4.79 Å². The highest BCUT2D eigenvalue weighted by atomic mass is 35.5. The molecule has 0 spiro atoms. The van der Waals surface area contributed by atoms with Crippen molar-refractivity contribution >= 4 is 23.2 Å². The molecule has 1 aromatic heterocycles. The second-order valence-electron chi connectivity index (χ2n) is 3.97. The predicted molar refractivity (Wildman–Crippen MR) is 70.5 cm³/mol. The quantitative estimate of drug-likeness (QED) is 0.838. The van der Waals surface area contributed by atoms with Gasteiger partial charge in [0.05, 0.1) is 17.9 Å². The number of hydrogen-bond donors (Lipinski definition) is 2. The summed E-state index contributed by atoms with van der Waals surface area (Å²) in [7, 11) is 0. The Bertz CT molecular complexity index is 566. The van der Waals surface area contributed by atoms with Gasteiger partial charge in [0.2, 0.25) is 5.22 Å². The molecule has 1 heterocycles. The van der Waals surface area contributed by atoms with E-state index in [4.69, 9.17) is 21.8 Å². The Morgan fingerprint density at radius 3 is 2.83 bits per heavy atom. The van der Waals surface area contributed by atoms with E-state index in [0.717, 1.165) is 5.56 Å². The summed E-state index contributed by atoms with van der Waals surface area (Å²) in [5, 5.41) is 2.92. The molecule has 5 heteroatoms. The van der Waals surface area contributed by atoms with Crippen molar-refractivity contribution in [3.05, 3.63) is 52.9 Å². The summed E-state index contributed by atoms with van der Waals surface area (Å²) in [4.78, 5) is 11.9. The molecule has 4 nitrogen and oxygen atoms in total. The molecule has 1 unspecified atom stereocenters. The summed E-state index contributed by atoms with van der Waals surface area (Å²) in [6.07, 6.45) is 1.38. The van der Waals surface area contributed by atoms with Gasteiger partial charge < -0.3 is 15.5 Å². The molecule has 0 aliphatic carbocycles. The van der Waals surface area contributed by atoms with Crippen LogP contribution >= 0.6 is 11.6 Å². The first kappa shape index (κ1) is 12.5. The van der Waals surface area contributed by atoms with E-state index in [2.05, 4.69) is 5.32 Å². The molecular weight excluding hydrogens is 252 g/mol. The average Bonchev–Trinajstić information content (AvgIpc) is 2.75. The number of carbonyl (C=O) groups is 1. The van der Waals surface area contributed by atoms with Crippen LogP contribution in [0, 0.1) is 0 Å². The number of nitrogen functional groups attached to an aromatic ring is 1. The van der Waals surface area contributed by atoms with Crippen LogP contribution in [0.15, 0.2) is 41.0 Å². The molecule has 0 bridgehead atoms. The summed E-state index contributed by atoms with van der Waals surface area (Å²) in [5.74, 6) is -0.274. The van der Waals surface area contributed by atoms with Crippen molar-refractivity contribution < 1.29 is 9.21 Å². The van der Waals surface area contributed by atoms with Gasteiger partial charge in [0.25, 0.3) is 5.91 Å². The SMILES string of the molecule is CC(NC(=O)c1ccoc1Cl)c1cccc(N)c1. The second kappa shape index (κ2) is 5.14. The summed E-state index contributed by atoms with van der Waals surface area (Å²) in [5.41, 5.74) is 7.62. The van der Waals surface area contributed by atoms with E-state index in [1.807, 2.05) is 25.1 Å². The Balaban J connectivity index is 2.10. The van der Waals surface area contributed by atoms with E-state index in [1.165, 1.54) is 12.3 Å². The number of rotatable bonds is 3. The lowest BCUT2D eigenvalue weighted by Gasteiger charge is -2.14. The standard InChI is InChI=1S/C13H13ClN2O2/c1-8(9-3-2-4-10(15)7-9)16-13(17)11-5-6-18-12(11)14/h2-8H,15H2,1H3,(H,16,17). The van der Waals surface area contributed by atoms with Gasteiger partial charge in [-0.2, -0.15) is 0 Å². The Morgan fingerprint density at radius 2 is 2.22 bits per heavy atom. The predicted octanol–water partition coefficient (Wildman–Crippen LogP) is 3.01. The number of nitrogens with one attached hydrogen (secondary N) is 1. The van der Waals surface area contributed by atoms with Crippen LogP contribution in [0.5, 0.6) is 0 Å². The van der Waals surface area contributed by atoms with Gasteiger partial charge in [0.15, 0.2) is 0 Å². The van der Waals surface area contributed by atoms with E-state index < -0.39 is 0 Å². The van der Waals surface area contributed by atoms with Crippen molar-refractivity contribution in [2.45, 2.75) is 13.0 Å². The minimum absolute atomic E-state index is 0.0901. The number of benzene rings is 1. The number of hydrogen-bond acceptors (Lipinski definition) is 3. The number of anilines is 1. The third kappa shape index (κ3) is 2.65. The molecule has 0 aliphatic heterocycles. The maximum Gasteiger partial charge on any atom is 0.256 e. The van der Waals surface area contributed by atoms with Crippen LogP contribution in [0.1, 0.15) is 28.9 Å². The van der Waals surface area contributed by atoms with E-state index in [-0.39, 0.29) is 17.2 Å². The van der Waals surface area contributed by atoms with Gasteiger partial charge in [0, 0.05) is 5.69 Å². The van der Waals surface area contributed by atoms with Gasteiger partial charge in [-0.3, -0.25) is 4.79 Å². The van der Waals surface area contributed by atoms with Gasteiger partial charge in [-0.15, -0.1) is 0 Å². The molecule has 0 saturated heterocycles. The Kier molecular flexibility index (Phi) is 3.58.